The molecule has 0 spiro atoms. The molecule has 0 aliphatic carbocycles. The van der Waals surface area contributed by atoms with Gasteiger partial charge >= 0.3 is 5.97 Å². The lowest BCUT2D eigenvalue weighted by Gasteiger charge is -2.37. The highest BCUT2D eigenvalue weighted by Gasteiger charge is 2.33. The summed E-state index contributed by atoms with van der Waals surface area (Å²) in [5, 5.41) is 0. The van der Waals surface area contributed by atoms with Gasteiger partial charge in [0.2, 0.25) is 0 Å². The number of rotatable bonds is 4. The molecule has 4 nitrogen and oxygen atoms in total. The molecule has 0 radical (unpaired) electrons. The summed E-state index contributed by atoms with van der Waals surface area (Å²) < 4.78 is 10.9. The van der Waals surface area contributed by atoms with Crippen LogP contribution < -0.4 is 4.74 Å². The van der Waals surface area contributed by atoms with E-state index in [0.717, 1.165) is 29.9 Å². The van der Waals surface area contributed by atoms with E-state index >= 15 is 0 Å². The predicted molar refractivity (Wildman–Crippen MR) is 71.5 cm³/mol. The second kappa shape index (κ2) is 5.71. The van der Waals surface area contributed by atoms with Crippen LogP contribution in [0.5, 0.6) is 5.75 Å². The van der Waals surface area contributed by atoms with Crippen molar-refractivity contribution in [2.24, 2.45) is 5.92 Å². The maximum Gasteiger partial charge on any atom is 0.311 e. The fraction of sp³-hybridized carbons (Fsp3) is 0.462. The van der Waals surface area contributed by atoms with E-state index in [-0.39, 0.29) is 11.9 Å². The summed E-state index contributed by atoms with van der Waals surface area (Å²) in [5.41, 5.74) is 1.17. The van der Waals surface area contributed by atoms with Crippen molar-refractivity contribution < 1.29 is 14.3 Å². The summed E-state index contributed by atoms with van der Waals surface area (Å²) in [5.74, 6) is 0.756. The highest BCUT2D eigenvalue weighted by Crippen LogP contribution is 2.25. The van der Waals surface area contributed by atoms with Crippen LogP contribution in [-0.4, -0.2) is 38.2 Å². The molecule has 1 aliphatic rings. The van der Waals surface area contributed by atoms with Crippen LogP contribution in [0, 0.1) is 5.92 Å². The van der Waals surface area contributed by atoms with Crippen molar-refractivity contribution >= 4 is 21.9 Å². The van der Waals surface area contributed by atoms with Crippen molar-refractivity contribution in [1.29, 1.82) is 0 Å². The molecule has 2 rings (SSSR count). The zero-order valence-electron chi connectivity index (χ0n) is 10.5. The molecule has 18 heavy (non-hydrogen) atoms. The average Bonchev–Trinajstić information content (AvgIpc) is 2.31. The Morgan fingerprint density at radius 1 is 1.39 bits per heavy atom. The number of hydrogen-bond donors (Lipinski definition) is 0. The standard InChI is InChI=1S/C13H16BrNO3/c1-17-12-4-9(3-11(14)5-12)6-15-7-10(8-15)13(16)18-2/h3-5,10H,6-8H2,1-2H3. The number of hydrogen-bond acceptors (Lipinski definition) is 4. The maximum absolute atomic E-state index is 11.3. The van der Waals surface area contributed by atoms with Crippen LogP contribution in [0.4, 0.5) is 0 Å². The molecule has 5 heteroatoms. The first-order valence-electron chi connectivity index (χ1n) is 5.76. The van der Waals surface area contributed by atoms with Gasteiger partial charge in [0.1, 0.15) is 5.75 Å². The van der Waals surface area contributed by atoms with Crippen molar-refractivity contribution in [2.75, 3.05) is 27.3 Å². The molecule has 1 aromatic rings. The Morgan fingerprint density at radius 3 is 2.72 bits per heavy atom. The van der Waals surface area contributed by atoms with Crippen molar-refractivity contribution in [3.05, 3.63) is 28.2 Å². The highest BCUT2D eigenvalue weighted by atomic mass is 79.9. The Kier molecular flexibility index (Phi) is 4.24. The van der Waals surface area contributed by atoms with Crippen LogP contribution in [0.3, 0.4) is 0 Å². The topological polar surface area (TPSA) is 38.8 Å². The van der Waals surface area contributed by atoms with E-state index < -0.39 is 0 Å². The molecular formula is C13H16BrNO3. The van der Waals surface area contributed by atoms with E-state index in [4.69, 9.17) is 9.47 Å². The van der Waals surface area contributed by atoms with Crippen LogP contribution in [0.25, 0.3) is 0 Å². The largest absolute Gasteiger partial charge is 0.497 e. The molecule has 0 aromatic heterocycles. The normalized spacial score (nSPS) is 16.2. The van der Waals surface area contributed by atoms with E-state index in [0.29, 0.717) is 0 Å². The third-order valence-corrected chi connectivity index (χ3v) is 3.52. The first kappa shape index (κ1) is 13.4. The summed E-state index contributed by atoms with van der Waals surface area (Å²) in [6.07, 6.45) is 0. The predicted octanol–water partition coefficient (Wildman–Crippen LogP) is 2.06. The van der Waals surface area contributed by atoms with Crippen molar-refractivity contribution in [1.82, 2.24) is 4.90 Å². The second-order valence-corrected chi connectivity index (χ2v) is 5.33. The third kappa shape index (κ3) is 3.03. The van der Waals surface area contributed by atoms with Gasteiger partial charge in [-0.15, -0.1) is 0 Å². The minimum absolute atomic E-state index is 0.0315. The number of halogens is 1. The second-order valence-electron chi connectivity index (χ2n) is 4.41. The summed E-state index contributed by atoms with van der Waals surface area (Å²) in [6.45, 7) is 2.35. The molecular weight excluding hydrogens is 298 g/mol. The lowest BCUT2D eigenvalue weighted by molar-refractivity contribution is -0.151. The molecule has 0 amide bonds. The number of methoxy groups -OCH3 is 2. The van der Waals surface area contributed by atoms with Gasteiger partial charge in [0.25, 0.3) is 0 Å². The molecule has 0 unspecified atom stereocenters. The van der Waals surface area contributed by atoms with Gasteiger partial charge in [-0.25, -0.2) is 0 Å². The van der Waals surface area contributed by atoms with Crippen LogP contribution in [0.15, 0.2) is 22.7 Å². The highest BCUT2D eigenvalue weighted by molar-refractivity contribution is 9.10. The quantitative estimate of drug-likeness (QED) is 0.798. The minimum atomic E-state index is -0.113. The van der Waals surface area contributed by atoms with Gasteiger partial charge in [-0.2, -0.15) is 0 Å². The molecule has 98 valence electrons. The zero-order valence-corrected chi connectivity index (χ0v) is 12.1. The zero-order chi connectivity index (χ0) is 13.1. The van der Waals surface area contributed by atoms with Gasteiger partial charge in [0, 0.05) is 24.1 Å². The molecule has 1 fully saturated rings. The SMILES string of the molecule is COC(=O)C1CN(Cc2cc(Br)cc(OC)c2)C1. The molecule has 0 N–H and O–H groups in total. The average molecular weight is 314 g/mol. The van der Waals surface area contributed by atoms with E-state index in [1.54, 1.807) is 7.11 Å². The Labute approximate surface area is 115 Å². The molecule has 1 heterocycles. The smallest absolute Gasteiger partial charge is 0.311 e. The number of likely N-dealkylation sites (tertiary alicyclic amines) is 1. The molecule has 1 aromatic carbocycles. The number of carbonyl (C=O) groups excluding carboxylic acids is 1. The van der Waals surface area contributed by atoms with E-state index in [1.807, 2.05) is 12.1 Å². The van der Waals surface area contributed by atoms with Gasteiger partial charge in [0.05, 0.1) is 20.1 Å². The van der Waals surface area contributed by atoms with E-state index in [1.165, 1.54) is 12.7 Å². The molecule has 1 saturated heterocycles. The Morgan fingerprint density at radius 2 is 2.11 bits per heavy atom. The monoisotopic (exact) mass is 313 g/mol. The van der Waals surface area contributed by atoms with Gasteiger partial charge < -0.3 is 9.47 Å². The summed E-state index contributed by atoms with van der Waals surface area (Å²) >= 11 is 3.46. The summed E-state index contributed by atoms with van der Waals surface area (Å²) in [7, 11) is 3.09. The third-order valence-electron chi connectivity index (χ3n) is 3.06. The van der Waals surface area contributed by atoms with E-state index in [2.05, 4.69) is 26.9 Å². The first-order valence-corrected chi connectivity index (χ1v) is 6.55. The van der Waals surface area contributed by atoms with Crippen LogP contribution >= 0.6 is 15.9 Å². The minimum Gasteiger partial charge on any atom is -0.497 e. The first-order chi connectivity index (χ1) is 8.62. The molecule has 0 bridgehead atoms. The van der Waals surface area contributed by atoms with Crippen molar-refractivity contribution in [3.8, 4) is 5.75 Å². The Hall–Kier alpha value is -1.07. The van der Waals surface area contributed by atoms with Gasteiger partial charge in [0.15, 0.2) is 0 Å². The number of esters is 1. The Balaban J connectivity index is 1.92. The number of nitrogens with zero attached hydrogens (tertiary/aromatic N) is 1. The van der Waals surface area contributed by atoms with Crippen LogP contribution in [-0.2, 0) is 16.1 Å². The van der Waals surface area contributed by atoms with Crippen LogP contribution in [0.1, 0.15) is 5.56 Å². The van der Waals surface area contributed by atoms with Crippen LogP contribution in [0.2, 0.25) is 0 Å². The lowest BCUT2D eigenvalue weighted by atomic mass is 9.99. The molecule has 0 atom stereocenters. The van der Waals surface area contributed by atoms with Crippen molar-refractivity contribution in [3.63, 3.8) is 0 Å². The van der Waals surface area contributed by atoms with Gasteiger partial charge in [-0.05, 0) is 23.8 Å². The molecule has 0 saturated carbocycles. The summed E-state index contributed by atoms with van der Waals surface area (Å²) in [4.78, 5) is 13.5. The molecule has 1 aliphatic heterocycles. The fourth-order valence-corrected chi connectivity index (χ4v) is 2.62. The maximum atomic E-state index is 11.3. The number of carbonyl (C=O) groups is 1. The fourth-order valence-electron chi connectivity index (χ4n) is 2.10. The number of benzene rings is 1. The lowest BCUT2D eigenvalue weighted by Crippen LogP contribution is -2.49. The summed E-state index contributed by atoms with van der Waals surface area (Å²) in [6, 6.07) is 6.00. The van der Waals surface area contributed by atoms with Gasteiger partial charge in [-0.1, -0.05) is 15.9 Å². The van der Waals surface area contributed by atoms with Crippen molar-refractivity contribution in [2.45, 2.75) is 6.54 Å². The number of ether oxygens (including phenoxy) is 2. The van der Waals surface area contributed by atoms with Gasteiger partial charge in [-0.3, -0.25) is 9.69 Å². The Bertz CT molecular complexity index is 444. The van der Waals surface area contributed by atoms with E-state index in [9.17, 15) is 4.79 Å².